The van der Waals surface area contributed by atoms with Crippen LogP contribution >= 0.6 is 0 Å². The Labute approximate surface area is 107 Å². The molecule has 0 radical (unpaired) electrons. The molecule has 0 saturated heterocycles. The first kappa shape index (κ1) is 14.4. The lowest BCUT2D eigenvalue weighted by atomic mass is 10.1. The van der Waals surface area contributed by atoms with Crippen molar-refractivity contribution in [2.45, 2.75) is 32.2 Å². The number of nitrogens with zero attached hydrogens (tertiary/aromatic N) is 1. The van der Waals surface area contributed by atoms with Crippen molar-refractivity contribution < 1.29 is 9.60 Å². The number of nitrogens with one attached hydrogen (secondary N) is 1. The highest BCUT2D eigenvalue weighted by molar-refractivity contribution is 5.79. The van der Waals surface area contributed by atoms with Crippen LogP contribution in [-0.4, -0.2) is 17.6 Å². The van der Waals surface area contributed by atoms with E-state index in [0.29, 0.717) is 6.42 Å². The molecule has 18 heavy (non-hydrogen) atoms. The molecular formula is C13H20FN3O. The quantitative estimate of drug-likeness (QED) is 0.230. The van der Waals surface area contributed by atoms with E-state index < -0.39 is 0 Å². The SMILES string of the molecule is C[C@@H](NCCCC/C(N)=N/O)c1ccc(F)cc1. The Morgan fingerprint density at radius 3 is 2.67 bits per heavy atom. The fourth-order valence-electron chi connectivity index (χ4n) is 1.67. The Bertz CT molecular complexity index is 378. The van der Waals surface area contributed by atoms with E-state index in [1.54, 1.807) is 12.1 Å². The van der Waals surface area contributed by atoms with Gasteiger partial charge in [-0.1, -0.05) is 17.3 Å². The van der Waals surface area contributed by atoms with Crippen molar-refractivity contribution in [3.05, 3.63) is 35.6 Å². The summed E-state index contributed by atoms with van der Waals surface area (Å²) in [6.45, 7) is 2.88. The summed E-state index contributed by atoms with van der Waals surface area (Å²) in [5.41, 5.74) is 6.43. The smallest absolute Gasteiger partial charge is 0.139 e. The minimum absolute atomic E-state index is 0.189. The standard InChI is InChI=1S/C13H20FN3O/c1-10(11-5-7-12(14)8-6-11)16-9-3-2-4-13(15)17-18/h5-8,10,16,18H,2-4,9H2,1H3,(H2,15,17)/t10-/m1/s1. The van der Waals surface area contributed by atoms with E-state index in [2.05, 4.69) is 10.5 Å². The van der Waals surface area contributed by atoms with Crippen LogP contribution in [0.1, 0.15) is 37.8 Å². The number of amidine groups is 1. The number of rotatable bonds is 7. The van der Waals surface area contributed by atoms with Crippen LogP contribution in [0, 0.1) is 5.82 Å². The molecule has 0 spiro atoms. The third-order valence-corrected chi connectivity index (χ3v) is 2.81. The first-order chi connectivity index (χ1) is 8.63. The summed E-state index contributed by atoms with van der Waals surface area (Å²) >= 11 is 0. The van der Waals surface area contributed by atoms with Crippen LogP contribution in [0.15, 0.2) is 29.4 Å². The van der Waals surface area contributed by atoms with Gasteiger partial charge < -0.3 is 16.3 Å². The van der Waals surface area contributed by atoms with E-state index >= 15 is 0 Å². The largest absolute Gasteiger partial charge is 0.409 e. The normalized spacial score (nSPS) is 13.6. The molecule has 100 valence electrons. The molecule has 5 heteroatoms. The van der Waals surface area contributed by atoms with Crippen molar-refractivity contribution in [1.29, 1.82) is 0 Å². The molecule has 0 aliphatic carbocycles. The number of hydrogen-bond acceptors (Lipinski definition) is 3. The predicted octanol–water partition coefficient (Wildman–Crippen LogP) is 2.39. The number of hydrogen-bond donors (Lipinski definition) is 3. The van der Waals surface area contributed by atoms with Crippen LogP contribution in [0.2, 0.25) is 0 Å². The predicted molar refractivity (Wildman–Crippen MR) is 70.1 cm³/mol. The van der Waals surface area contributed by atoms with Gasteiger partial charge in [0.25, 0.3) is 0 Å². The number of benzene rings is 1. The van der Waals surface area contributed by atoms with Gasteiger partial charge in [0.05, 0.1) is 0 Å². The van der Waals surface area contributed by atoms with E-state index in [-0.39, 0.29) is 17.7 Å². The van der Waals surface area contributed by atoms with E-state index in [9.17, 15) is 4.39 Å². The third-order valence-electron chi connectivity index (χ3n) is 2.81. The second-order valence-electron chi connectivity index (χ2n) is 4.28. The molecule has 1 aromatic carbocycles. The van der Waals surface area contributed by atoms with Gasteiger partial charge in [-0.3, -0.25) is 0 Å². The molecule has 1 aromatic rings. The number of oxime groups is 1. The Kier molecular flexibility index (Phi) is 6.14. The summed E-state index contributed by atoms with van der Waals surface area (Å²) in [6, 6.07) is 6.68. The molecule has 0 aliphatic rings. The lowest BCUT2D eigenvalue weighted by molar-refractivity contribution is 0.316. The minimum atomic E-state index is -0.218. The first-order valence-electron chi connectivity index (χ1n) is 6.08. The van der Waals surface area contributed by atoms with E-state index in [1.165, 1.54) is 12.1 Å². The fraction of sp³-hybridized carbons (Fsp3) is 0.462. The molecule has 0 unspecified atom stereocenters. The average Bonchev–Trinajstić information content (AvgIpc) is 2.38. The van der Waals surface area contributed by atoms with Gasteiger partial charge in [0.2, 0.25) is 0 Å². The summed E-state index contributed by atoms with van der Waals surface area (Å²) in [5, 5.41) is 14.6. The molecule has 4 nitrogen and oxygen atoms in total. The second-order valence-corrected chi connectivity index (χ2v) is 4.28. The van der Waals surface area contributed by atoms with Crippen LogP contribution in [0.25, 0.3) is 0 Å². The van der Waals surface area contributed by atoms with Crippen molar-refractivity contribution in [3.8, 4) is 0 Å². The van der Waals surface area contributed by atoms with E-state index in [0.717, 1.165) is 24.9 Å². The Morgan fingerprint density at radius 2 is 2.06 bits per heavy atom. The van der Waals surface area contributed by atoms with Gasteiger partial charge in [-0.05, 0) is 44.0 Å². The van der Waals surface area contributed by atoms with Crippen molar-refractivity contribution >= 4 is 5.84 Å². The molecular weight excluding hydrogens is 233 g/mol. The molecule has 0 bridgehead atoms. The van der Waals surface area contributed by atoms with Gasteiger partial charge in [0, 0.05) is 12.5 Å². The van der Waals surface area contributed by atoms with Gasteiger partial charge >= 0.3 is 0 Å². The maximum Gasteiger partial charge on any atom is 0.139 e. The summed E-state index contributed by atoms with van der Waals surface area (Å²) in [7, 11) is 0. The molecule has 4 N–H and O–H groups in total. The highest BCUT2D eigenvalue weighted by atomic mass is 19.1. The average molecular weight is 253 g/mol. The molecule has 0 aromatic heterocycles. The van der Waals surface area contributed by atoms with Crippen LogP contribution in [0.3, 0.4) is 0 Å². The monoisotopic (exact) mass is 253 g/mol. The zero-order valence-corrected chi connectivity index (χ0v) is 10.6. The van der Waals surface area contributed by atoms with Crippen LogP contribution in [-0.2, 0) is 0 Å². The van der Waals surface area contributed by atoms with Crippen LogP contribution in [0.5, 0.6) is 0 Å². The molecule has 0 fully saturated rings. The van der Waals surface area contributed by atoms with Crippen LogP contribution in [0.4, 0.5) is 4.39 Å². The van der Waals surface area contributed by atoms with Gasteiger partial charge in [0.1, 0.15) is 11.7 Å². The lowest BCUT2D eigenvalue weighted by Gasteiger charge is -2.14. The number of nitrogens with two attached hydrogens (primary N) is 1. The van der Waals surface area contributed by atoms with E-state index in [1.807, 2.05) is 6.92 Å². The first-order valence-corrected chi connectivity index (χ1v) is 6.08. The fourth-order valence-corrected chi connectivity index (χ4v) is 1.67. The van der Waals surface area contributed by atoms with Crippen molar-refractivity contribution in [2.75, 3.05) is 6.54 Å². The third kappa shape index (κ3) is 5.14. The molecule has 0 aliphatic heterocycles. The van der Waals surface area contributed by atoms with Crippen molar-refractivity contribution in [3.63, 3.8) is 0 Å². The van der Waals surface area contributed by atoms with Gasteiger partial charge in [-0.25, -0.2) is 4.39 Å². The summed E-state index contributed by atoms with van der Waals surface area (Å²) in [5.74, 6) is 0.0475. The number of unbranched alkanes of at least 4 members (excludes halogenated alkanes) is 1. The van der Waals surface area contributed by atoms with Gasteiger partial charge in [0.15, 0.2) is 0 Å². The minimum Gasteiger partial charge on any atom is -0.409 e. The van der Waals surface area contributed by atoms with Gasteiger partial charge in [-0.15, -0.1) is 0 Å². The summed E-state index contributed by atoms with van der Waals surface area (Å²) in [4.78, 5) is 0. The molecule has 1 atom stereocenters. The highest BCUT2D eigenvalue weighted by Crippen LogP contribution is 2.12. The Balaban J connectivity index is 2.21. The second kappa shape index (κ2) is 7.66. The molecule has 0 heterocycles. The maximum atomic E-state index is 12.7. The lowest BCUT2D eigenvalue weighted by Crippen LogP contribution is -2.20. The maximum absolute atomic E-state index is 12.7. The summed E-state index contributed by atoms with van der Waals surface area (Å²) in [6.07, 6.45) is 2.42. The topological polar surface area (TPSA) is 70.6 Å². The highest BCUT2D eigenvalue weighted by Gasteiger charge is 2.04. The van der Waals surface area contributed by atoms with Crippen molar-refractivity contribution in [2.24, 2.45) is 10.9 Å². The Hall–Kier alpha value is -1.62. The zero-order valence-electron chi connectivity index (χ0n) is 10.6. The molecule has 0 amide bonds. The van der Waals surface area contributed by atoms with E-state index in [4.69, 9.17) is 10.9 Å². The molecule has 1 rings (SSSR count). The number of halogens is 1. The Morgan fingerprint density at radius 1 is 1.39 bits per heavy atom. The zero-order chi connectivity index (χ0) is 13.4. The van der Waals surface area contributed by atoms with Crippen LogP contribution < -0.4 is 11.1 Å². The molecule has 0 saturated carbocycles. The van der Waals surface area contributed by atoms with Gasteiger partial charge in [-0.2, -0.15) is 0 Å². The summed E-state index contributed by atoms with van der Waals surface area (Å²) < 4.78 is 12.7. The van der Waals surface area contributed by atoms with Crippen molar-refractivity contribution in [1.82, 2.24) is 5.32 Å².